The Morgan fingerprint density at radius 2 is 1.57 bits per heavy atom. The number of hydrazine groups is 1. The fourth-order valence-electron chi connectivity index (χ4n) is 2.27. The summed E-state index contributed by atoms with van der Waals surface area (Å²) >= 11 is 0. The van der Waals surface area contributed by atoms with Gasteiger partial charge in [0.05, 0.1) is 11.3 Å². The second-order valence-electron chi connectivity index (χ2n) is 4.71. The van der Waals surface area contributed by atoms with Crippen LogP contribution < -0.4 is 16.6 Å². The number of nitrogen functional groups attached to an aromatic ring is 1. The smallest absolute Gasteiger partial charge is 0.257 e. The van der Waals surface area contributed by atoms with Gasteiger partial charge in [0.15, 0.2) is 0 Å². The highest BCUT2D eigenvalue weighted by Gasteiger charge is 2.10. The van der Waals surface area contributed by atoms with E-state index in [2.05, 4.69) is 10.7 Å². The molecule has 104 valence electrons. The van der Waals surface area contributed by atoms with Gasteiger partial charge < -0.3 is 10.7 Å². The molecule has 3 aromatic carbocycles. The van der Waals surface area contributed by atoms with E-state index >= 15 is 0 Å². The molecule has 3 rings (SSSR count). The van der Waals surface area contributed by atoms with Gasteiger partial charge in [-0.05, 0) is 35.0 Å². The van der Waals surface area contributed by atoms with Gasteiger partial charge in [0.25, 0.3) is 5.91 Å². The van der Waals surface area contributed by atoms with Gasteiger partial charge in [0, 0.05) is 5.69 Å². The average Bonchev–Trinajstić information content (AvgIpc) is 2.54. The number of fused-ring (bicyclic) bond motifs is 1. The van der Waals surface area contributed by atoms with Crippen molar-refractivity contribution in [2.24, 2.45) is 5.84 Å². The SMILES string of the molecule is NNc1ccccc1C(=O)Nc1ccc2ccccc2c1. The number of carbonyl (C=O) groups excluding carboxylic acids is 1. The van der Waals surface area contributed by atoms with Crippen molar-refractivity contribution >= 4 is 28.1 Å². The number of para-hydroxylation sites is 1. The van der Waals surface area contributed by atoms with E-state index in [0.717, 1.165) is 16.5 Å². The molecule has 4 heteroatoms. The average molecular weight is 277 g/mol. The van der Waals surface area contributed by atoms with E-state index in [-0.39, 0.29) is 5.91 Å². The van der Waals surface area contributed by atoms with E-state index in [0.29, 0.717) is 11.3 Å². The third-order valence-corrected chi connectivity index (χ3v) is 3.33. The molecule has 0 spiro atoms. The molecule has 0 aromatic heterocycles. The second-order valence-corrected chi connectivity index (χ2v) is 4.71. The Balaban J connectivity index is 1.89. The number of amides is 1. The van der Waals surface area contributed by atoms with E-state index in [4.69, 9.17) is 5.84 Å². The van der Waals surface area contributed by atoms with Gasteiger partial charge in [-0.2, -0.15) is 0 Å². The molecule has 0 aliphatic rings. The summed E-state index contributed by atoms with van der Waals surface area (Å²) in [5.74, 6) is 5.23. The van der Waals surface area contributed by atoms with Crippen molar-refractivity contribution in [3.8, 4) is 0 Å². The first-order valence-electron chi connectivity index (χ1n) is 6.64. The van der Waals surface area contributed by atoms with Crippen LogP contribution in [0.15, 0.2) is 66.7 Å². The zero-order valence-electron chi connectivity index (χ0n) is 11.3. The highest BCUT2D eigenvalue weighted by atomic mass is 16.1. The normalized spacial score (nSPS) is 10.3. The molecule has 0 saturated carbocycles. The minimum atomic E-state index is -0.196. The van der Waals surface area contributed by atoms with E-state index in [9.17, 15) is 4.79 Å². The van der Waals surface area contributed by atoms with Gasteiger partial charge in [-0.1, -0.05) is 42.5 Å². The standard InChI is InChI=1S/C17H15N3O/c18-20-16-8-4-3-7-15(16)17(21)19-14-10-9-12-5-1-2-6-13(12)11-14/h1-11,20H,18H2,(H,19,21). The molecule has 4 nitrogen and oxygen atoms in total. The Kier molecular flexibility index (Phi) is 3.53. The first-order valence-corrected chi connectivity index (χ1v) is 6.64. The lowest BCUT2D eigenvalue weighted by atomic mass is 10.1. The zero-order chi connectivity index (χ0) is 14.7. The van der Waals surface area contributed by atoms with Gasteiger partial charge in [-0.25, -0.2) is 0 Å². The maximum absolute atomic E-state index is 12.3. The highest BCUT2D eigenvalue weighted by Crippen LogP contribution is 2.21. The monoisotopic (exact) mass is 277 g/mol. The summed E-state index contributed by atoms with van der Waals surface area (Å²) in [6.07, 6.45) is 0. The highest BCUT2D eigenvalue weighted by molar-refractivity contribution is 6.08. The Bertz CT molecular complexity index is 799. The van der Waals surface area contributed by atoms with E-state index in [1.165, 1.54) is 0 Å². The van der Waals surface area contributed by atoms with E-state index in [1.54, 1.807) is 18.2 Å². The molecular formula is C17H15N3O. The Morgan fingerprint density at radius 1 is 0.857 bits per heavy atom. The van der Waals surface area contributed by atoms with Crippen molar-refractivity contribution in [2.45, 2.75) is 0 Å². The van der Waals surface area contributed by atoms with Crippen LogP contribution in [0, 0.1) is 0 Å². The van der Waals surface area contributed by atoms with Gasteiger partial charge in [-0.3, -0.25) is 10.6 Å². The first kappa shape index (κ1) is 13.1. The van der Waals surface area contributed by atoms with Gasteiger partial charge >= 0.3 is 0 Å². The van der Waals surface area contributed by atoms with Crippen LogP contribution in [0.25, 0.3) is 10.8 Å². The summed E-state index contributed by atoms with van der Waals surface area (Å²) < 4.78 is 0. The van der Waals surface area contributed by atoms with E-state index < -0.39 is 0 Å². The molecule has 21 heavy (non-hydrogen) atoms. The van der Waals surface area contributed by atoms with Crippen LogP contribution in [-0.4, -0.2) is 5.91 Å². The third kappa shape index (κ3) is 2.70. The quantitative estimate of drug-likeness (QED) is 0.508. The fraction of sp³-hybridized carbons (Fsp3) is 0. The van der Waals surface area contributed by atoms with Crippen LogP contribution in [0.2, 0.25) is 0 Å². The van der Waals surface area contributed by atoms with Crippen LogP contribution >= 0.6 is 0 Å². The molecule has 1 amide bonds. The minimum absolute atomic E-state index is 0.196. The number of nitrogens with two attached hydrogens (primary N) is 1. The van der Waals surface area contributed by atoms with Crippen molar-refractivity contribution in [2.75, 3.05) is 10.7 Å². The van der Waals surface area contributed by atoms with Crippen LogP contribution in [0.3, 0.4) is 0 Å². The molecule has 0 bridgehead atoms. The predicted molar refractivity (Wildman–Crippen MR) is 86.2 cm³/mol. The summed E-state index contributed by atoms with van der Waals surface area (Å²) in [7, 11) is 0. The Hall–Kier alpha value is -2.85. The number of hydrogen-bond acceptors (Lipinski definition) is 3. The van der Waals surface area contributed by atoms with Crippen LogP contribution in [0.5, 0.6) is 0 Å². The predicted octanol–water partition coefficient (Wildman–Crippen LogP) is 3.38. The molecule has 0 heterocycles. The Morgan fingerprint density at radius 3 is 2.38 bits per heavy atom. The first-order chi connectivity index (χ1) is 10.3. The van der Waals surface area contributed by atoms with Crippen LogP contribution in [0.4, 0.5) is 11.4 Å². The number of rotatable bonds is 3. The molecular weight excluding hydrogens is 262 g/mol. The van der Waals surface area contributed by atoms with Crippen molar-refractivity contribution < 1.29 is 4.79 Å². The molecule has 0 fully saturated rings. The fourth-order valence-corrected chi connectivity index (χ4v) is 2.27. The largest absolute Gasteiger partial charge is 0.323 e. The lowest BCUT2D eigenvalue weighted by Gasteiger charge is -2.10. The summed E-state index contributed by atoms with van der Waals surface area (Å²) in [4.78, 5) is 12.3. The van der Waals surface area contributed by atoms with Gasteiger partial charge in [0.2, 0.25) is 0 Å². The second kappa shape index (κ2) is 5.64. The summed E-state index contributed by atoms with van der Waals surface area (Å²) in [6.45, 7) is 0. The van der Waals surface area contributed by atoms with Gasteiger partial charge in [0.1, 0.15) is 0 Å². The number of nitrogens with one attached hydrogen (secondary N) is 2. The summed E-state index contributed by atoms with van der Waals surface area (Å²) in [5, 5.41) is 5.11. The van der Waals surface area contributed by atoms with Crippen molar-refractivity contribution in [1.82, 2.24) is 0 Å². The van der Waals surface area contributed by atoms with Crippen LogP contribution in [-0.2, 0) is 0 Å². The lowest BCUT2D eigenvalue weighted by Crippen LogP contribution is -2.17. The number of carbonyl (C=O) groups is 1. The summed E-state index contributed by atoms with van der Waals surface area (Å²) in [6, 6.07) is 20.9. The number of benzene rings is 3. The molecule has 0 unspecified atom stereocenters. The summed E-state index contributed by atoms with van der Waals surface area (Å²) in [5.41, 5.74) is 4.39. The molecule has 0 saturated heterocycles. The number of hydrogen-bond donors (Lipinski definition) is 3. The zero-order valence-corrected chi connectivity index (χ0v) is 11.3. The maximum Gasteiger partial charge on any atom is 0.257 e. The topological polar surface area (TPSA) is 67.1 Å². The Labute approximate surface area is 122 Å². The maximum atomic E-state index is 12.3. The minimum Gasteiger partial charge on any atom is -0.323 e. The third-order valence-electron chi connectivity index (χ3n) is 3.33. The van der Waals surface area contributed by atoms with E-state index in [1.807, 2.05) is 48.5 Å². The molecule has 0 atom stereocenters. The molecule has 0 aliphatic carbocycles. The molecule has 3 aromatic rings. The number of anilines is 2. The molecule has 4 N–H and O–H groups in total. The van der Waals surface area contributed by atoms with Crippen molar-refractivity contribution in [3.05, 3.63) is 72.3 Å². The van der Waals surface area contributed by atoms with Gasteiger partial charge in [-0.15, -0.1) is 0 Å². The molecule has 0 aliphatic heterocycles. The molecule has 0 radical (unpaired) electrons. The lowest BCUT2D eigenvalue weighted by molar-refractivity contribution is 0.102. The van der Waals surface area contributed by atoms with Crippen LogP contribution in [0.1, 0.15) is 10.4 Å². The van der Waals surface area contributed by atoms with Crippen molar-refractivity contribution in [1.29, 1.82) is 0 Å². The van der Waals surface area contributed by atoms with Crippen molar-refractivity contribution in [3.63, 3.8) is 0 Å².